The van der Waals surface area contributed by atoms with Gasteiger partial charge in [-0.1, -0.05) is 56.5 Å². The highest BCUT2D eigenvalue weighted by Gasteiger charge is 2.21. The van der Waals surface area contributed by atoms with E-state index < -0.39 is 6.09 Å². The molecule has 0 aliphatic heterocycles. The van der Waals surface area contributed by atoms with E-state index in [1.165, 1.54) is 4.90 Å². The number of fused-ring (bicyclic) bond motifs is 1. The summed E-state index contributed by atoms with van der Waals surface area (Å²) in [5, 5.41) is 10.7. The summed E-state index contributed by atoms with van der Waals surface area (Å²) in [6.45, 7) is 4.63. The van der Waals surface area contributed by atoms with Gasteiger partial charge in [0.15, 0.2) is 0 Å². The van der Waals surface area contributed by atoms with Gasteiger partial charge in [-0.25, -0.2) is 14.8 Å². The highest BCUT2D eigenvalue weighted by Crippen LogP contribution is 2.21. The zero-order chi connectivity index (χ0) is 32.9. The van der Waals surface area contributed by atoms with E-state index in [1.54, 1.807) is 55.6 Å². The van der Waals surface area contributed by atoms with Gasteiger partial charge in [-0.05, 0) is 55.7 Å². The first kappa shape index (κ1) is 33.8. The number of aromatic nitrogens is 3. The smallest absolute Gasteiger partial charge is 0.412 e. The average molecular weight is 627 g/mol. The molecule has 2 amide bonds. The molecule has 0 radical (unpaired) electrons. The molecule has 0 aliphatic carbocycles. The Kier molecular flexibility index (Phi) is 12.4. The van der Waals surface area contributed by atoms with Crippen LogP contribution in [-0.4, -0.2) is 58.1 Å². The molecule has 0 unspecified atom stereocenters. The molecular formula is C35H42N6O5. The molecule has 2 aromatic carbocycles. The number of amides is 2. The third-order valence-electron chi connectivity index (χ3n) is 7.57. The summed E-state index contributed by atoms with van der Waals surface area (Å²) in [5.74, 6) is 0.654. The number of carbonyl (C=O) groups is 3. The number of ether oxygens (including phenoxy) is 2. The lowest BCUT2D eigenvalue weighted by atomic mass is 10.1. The fraction of sp³-hybridized carbons (Fsp3) is 0.371. The maximum Gasteiger partial charge on any atom is 0.412 e. The number of hydrogen-bond acceptors (Lipinski definition) is 8. The van der Waals surface area contributed by atoms with Gasteiger partial charge >= 0.3 is 12.1 Å². The first-order valence-electron chi connectivity index (χ1n) is 15.8. The zero-order valence-electron chi connectivity index (χ0n) is 26.8. The van der Waals surface area contributed by atoms with Gasteiger partial charge in [-0.3, -0.25) is 25.2 Å². The lowest BCUT2D eigenvalue weighted by molar-refractivity contribution is -0.142. The second kappa shape index (κ2) is 16.9. The van der Waals surface area contributed by atoms with E-state index in [0.717, 1.165) is 42.6 Å². The lowest BCUT2D eigenvalue weighted by Gasteiger charge is -2.21. The zero-order valence-corrected chi connectivity index (χ0v) is 26.8. The summed E-state index contributed by atoms with van der Waals surface area (Å²) < 4.78 is 12.2. The molecular weight excluding hydrogens is 584 g/mol. The van der Waals surface area contributed by atoms with Crippen molar-refractivity contribution in [3.05, 3.63) is 89.4 Å². The summed E-state index contributed by atoms with van der Waals surface area (Å²) in [5.41, 5.74) is 3.69. The topological polar surface area (TPSA) is 140 Å². The van der Waals surface area contributed by atoms with Crippen molar-refractivity contribution in [1.29, 1.82) is 5.41 Å². The van der Waals surface area contributed by atoms with Crippen molar-refractivity contribution in [3.8, 4) is 0 Å². The van der Waals surface area contributed by atoms with Crippen molar-refractivity contribution in [3.63, 3.8) is 0 Å². The predicted octanol–water partition coefficient (Wildman–Crippen LogP) is 5.99. The molecule has 0 fully saturated rings. The maximum atomic E-state index is 13.6. The Morgan fingerprint density at radius 1 is 0.935 bits per heavy atom. The molecule has 2 N–H and O–H groups in total. The number of nitrogens with zero attached hydrogens (tertiary/aromatic N) is 4. The summed E-state index contributed by atoms with van der Waals surface area (Å²) in [4.78, 5) is 48.3. The predicted molar refractivity (Wildman–Crippen MR) is 177 cm³/mol. The quantitative estimate of drug-likeness (QED) is 0.0716. The van der Waals surface area contributed by atoms with E-state index in [2.05, 4.69) is 17.2 Å². The van der Waals surface area contributed by atoms with Crippen LogP contribution in [0, 0.1) is 5.41 Å². The van der Waals surface area contributed by atoms with Crippen LogP contribution in [0.3, 0.4) is 0 Å². The number of aryl methyl sites for hydroxylation is 3. The number of esters is 1. The molecule has 0 atom stereocenters. The van der Waals surface area contributed by atoms with E-state index >= 15 is 0 Å². The van der Waals surface area contributed by atoms with E-state index in [0.29, 0.717) is 41.9 Å². The number of anilines is 1. The summed E-state index contributed by atoms with van der Waals surface area (Å²) in [7, 11) is 1.95. The summed E-state index contributed by atoms with van der Waals surface area (Å²) >= 11 is 0. The number of unbranched alkanes of at least 4 members (excludes halogenated alkanes) is 3. The van der Waals surface area contributed by atoms with Crippen LogP contribution in [0.15, 0.2) is 66.9 Å². The minimum Gasteiger partial charge on any atom is -0.466 e. The molecule has 0 saturated heterocycles. The fourth-order valence-corrected chi connectivity index (χ4v) is 5.03. The van der Waals surface area contributed by atoms with Gasteiger partial charge in [0, 0.05) is 37.3 Å². The molecule has 0 bridgehead atoms. The Morgan fingerprint density at radius 3 is 2.43 bits per heavy atom. The number of imidazole rings is 1. The van der Waals surface area contributed by atoms with Crippen LogP contribution in [-0.2, 0) is 34.2 Å². The van der Waals surface area contributed by atoms with Crippen LogP contribution in [0.25, 0.3) is 11.0 Å². The average Bonchev–Trinajstić information content (AvgIpc) is 3.38. The van der Waals surface area contributed by atoms with Gasteiger partial charge in [-0.2, -0.15) is 0 Å². The van der Waals surface area contributed by atoms with Gasteiger partial charge in [0.2, 0.25) is 0 Å². The number of benzene rings is 2. The number of alkyl carbamates (subject to hydrolysis) is 1. The first-order chi connectivity index (χ1) is 22.3. The number of rotatable bonds is 15. The largest absolute Gasteiger partial charge is 0.466 e. The Morgan fingerprint density at radius 2 is 1.72 bits per heavy atom. The third kappa shape index (κ3) is 9.23. The van der Waals surface area contributed by atoms with E-state index in [9.17, 15) is 14.4 Å². The Bertz CT molecular complexity index is 1630. The van der Waals surface area contributed by atoms with E-state index in [-0.39, 0.29) is 37.3 Å². The summed E-state index contributed by atoms with van der Waals surface area (Å²) in [6.07, 6.45) is 6.48. The van der Waals surface area contributed by atoms with Crippen LogP contribution in [0.4, 0.5) is 10.6 Å². The van der Waals surface area contributed by atoms with Crippen molar-refractivity contribution in [2.24, 2.45) is 7.05 Å². The number of nitrogens with one attached hydrogen (secondary N) is 2. The fourth-order valence-electron chi connectivity index (χ4n) is 5.03. The van der Waals surface area contributed by atoms with Gasteiger partial charge in [0.25, 0.3) is 5.91 Å². The van der Waals surface area contributed by atoms with Crippen molar-refractivity contribution in [1.82, 2.24) is 19.9 Å². The standard InChI is InChI=1S/C35H42N6O5/c1-4-6-7-10-23-46-35(44)39-33(36)26-15-12-25(13-16-26)14-19-31-38-28-24-27(17-18-29(28)40(31)3)34(43)41(22-20-32(42)45-5-2)30-11-8-9-21-37-30/h8-9,11-13,15-18,21,24H,4-7,10,14,19-20,22-23H2,1-3H3,(H2,36,39,44). The minimum atomic E-state index is -0.613. The maximum absolute atomic E-state index is 13.6. The highest BCUT2D eigenvalue weighted by molar-refractivity contribution is 6.07. The van der Waals surface area contributed by atoms with Crippen LogP contribution < -0.4 is 10.2 Å². The monoisotopic (exact) mass is 626 g/mol. The summed E-state index contributed by atoms with van der Waals surface area (Å²) in [6, 6.07) is 18.2. The number of pyridine rings is 1. The normalized spacial score (nSPS) is 10.8. The molecule has 0 aliphatic rings. The van der Waals surface area contributed by atoms with Gasteiger partial charge in [-0.15, -0.1) is 0 Å². The number of hydrogen-bond donors (Lipinski definition) is 2. The number of amidine groups is 1. The number of carbonyl (C=O) groups excluding carboxylic acids is 3. The van der Waals surface area contributed by atoms with Crippen LogP contribution >= 0.6 is 0 Å². The molecule has 242 valence electrons. The lowest BCUT2D eigenvalue weighted by Crippen LogP contribution is -2.34. The Hall–Kier alpha value is -5.06. The van der Waals surface area contributed by atoms with Crippen LogP contribution in [0.5, 0.6) is 0 Å². The molecule has 11 heteroatoms. The van der Waals surface area contributed by atoms with Gasteiger partial charge in [0.05, 0.1) is 30.7 Å². The SMILES string of the molecule is CCCCCCOC(=O)NC(=N)c1ccc(CCc2nc3cc(C(=O)N(CCC(=O)OCC)c4ccccn4)ccc3n2C)cc1. The van der Waals surface area contributed by atoms with Crippen molar-refractivity contribution >= 4 is 40.7 Å². The van der Waals surface area contributed by atoms with Crippen molar-refractivity contribution < 1.29 is 23.9 Å². The van der Waals surface area contributed by atoms with Crippen LogP contribution in [0.2, 0.25) is 0 Å². The third-order valence-corrected chi connectivity index (χ3v) is 7.57. The molecule has 2 aromatic heterocycles. The molecule has 4 aromatic rings. The molecule has 11 nitrogen and oxygen atoms in total. The van der Waals surface area contributed by atoms with Gasteiger partial charge < -0.3 is 14.0 Å². The van der Waals surface area contributed by atoms with Crippen LogP contribution in [0.1, 0.15) is 73.3 Å². The molecule has 0 spiro atoms. The Labute approximate surface area is 269 Å². The van der Waals surface area contributed by atoms with Crippen molar-refractivity contribution in [2.45, 2.75) is 58.8 Å². The van der Waals surface area contributed by atoms with Crippen molar-refractivity contribution in [2.75, 3.05) is 24.7 Å². The molecule has 46 heavy (non-hydrogen) atoms. The van der Waals surface area contributed by atoms with E-state index in [1.807, 2.05) is 29.8 Å². The molecule has 2 heterocycles. The highest BCUT2D eigenvalue weighted by atomic mass is 16.5. The first-order valence-corrected chi connectivity index (χ1v) is 15.8. The second-order valence-corrected chi connectivity index (χ2v) is 10.9. The molecule has 4 rings (SSSR count). The van der Waals surface area contributed by atoms with Gasteiger partial charge in [0.1, 0.15) is 17.5 Å². The Balaban J connectivity index is 1.38. The second-order valence-electron chi connectivity index (χ2n) is 10.9. The minimum absolute atomic E-state index is 0.00619. The van der Waals surface area contributed by atoms with E-state index in [4.69, 9.17) is 19.9 Å². The molecule has 0 saturated carbocycles.